The number of benzene rings is 1. The van der Waals surface area contributed by atoms with Gasteiger partial charge in [0.1, 0.15) is 6.10 Å². The highest BCUT2D eigenvalue weighted by atomic mass is 16.5. The molecule has 0 radical (unpaired) electrons. The lowest BCUT2D eigenvalue weighted by molar-refractivity contribution is -0.0403. The maximum Gasteiger partial charge on any atom is 0.101 e. The van der Waals surface area contributed by atoms with Gasteiger partial charge in [-0.2, -0.15) is 0 Å². The molecule has 0 bridgehead atoms. The smallest absolute Gasteiger partial charge is 0.101 e. The summed E-state index contributed by atoms with van der Waals surface area (Å²) in [6.07, 6.45) is 3.35. The highest BCUT2D eigenvalue weighted by molar-refractivity contribution is 5.13. The molecule has 1 aromatic carbocycles. The first-order valence-electron chi connectivity index (χ1n) is 6.92. The Balaban J connectivity index is 1.61. The summed E-state index contributed by atoms with van der Waals surface area (Å²) < 4.78 is 5.98. The van der Waals surface area contributed by atoms with E-state index >= 15 is 0 Å². The van der Waals surface area contributed by atoms with Crippen LogP contribution in [0.25, 0.3) is 0 Å². The van der Waals surface area contributed by atoms with Crippen LogP contribution in [0.2, 0.25) is 0 Å². The standard InChI is InChI=1S/C15H21NO2/c17-14-10-16-9-5-4-8-13(16)15(14)18-11-12-6-2-1-3-7-12/h1-3,6-7,13-15,17H,4-5,8-11H2/t13-,14-,15-/m0/s1. The molecule has 3 atom stereocenters. The molecular weight excluding hydrogens is 226 g/mol. The van der Waals surface area contributed by atoms with Crippen LogP contribution in [-0.2, 0) is 11.3 Å². The van der Waals surface area contributed by atoms with Crippen LogP contribution in [0, 0.1) is 0 Å². The molecule has 98 valence electrons. The molecule has 1 aromatic rings. The van der Waals surface area contributed by atoms with Crippen molar-refractivity contribution in [2.24, 2.45) is 0 Å². The summed E-state index contributed by atoms with van der Waals surface area (Å²) in [7, 11) is 0. The van der Waals surface area contributed by atoms with E-state index < -0.39 is 0 Å². The molecule has 3 rings (SSSR count). The van der Waals surface area contributed by atoms with Crippen molar-refractivity contribution < 1.29 is 9.84 Å². The molecule has 1 N–H and O–H groups in total. The first-order valence-corrected chi connectivity index (χ1v) is 6.92. The van der Waals surface area contributed by atoms with Gasteiger partial charge >= 0.3 is 0 Å². The molecule has 0 unspecified atom stereocenters. The Morgan fingerprint density at radius 1 is 1.22 bits per heavy atom. The molecule has 0 saturated carbocycles. The van der Waals surface area contributed by atoms with Gasteiger partial charge in [0, 0.05) is 12.6 Å². The molecule has 2 aliphatic heterocycles. The highest BCUT2D eigenvalue weighted by Gasteiger charge is 2.42. The molecule has 3 nitrogen and oxygen atoms in total. The molecule has 2 fully saturated rings. The van der Waals surface area contributed by atoms with E-state index in [1.807, 2.05) is 18.2 Å². The summed E-state index contributed by atoms with van der Waals surface area (Å²) in [6.45, 7) is 2.50. The van der Waals surface area contributed by atoms with Gasteiger partial charge < -0.3 is 9.84 Å². The summed E-state index contributed by atoms with van der Waals surface area (Å²) in [6, 6.07) is 10.6. The lowest BCUT2D eigenvalue weighted by atomic mass is 10.00. The van der Waals surface area contributed by atoms with Gasteiger partial charge in [-0.05, 0) is 24.9 Å². The van der Waals surface area contributed by atoms with Crippen LogP contribution in [0.1, 0.15) is 24.8 Å². The van der Waals surface area contributed by atoms with Crippen molar-refractivity contribution in [2.45, 2.75) is 44.1 Å². The first kappa shape index (κ1) is 12.2. The maximum absolute atomic E-state index is 10.1. The molecule has 0 aliphatic carbocycles. The largest absolute Gasteiger partial charge is 0.389 e. The highest BCUT2D eigenvalue weighted by Crippen LogP contribution is 2.29. The van der Waals surface area contributed by atoms with Gasteiger partial charge in [0.15, 0.2) is 0 Å². The van der Waals surface area contributed by atoms with Gasteiger partial charge in [-0.25, -0.2) is 0 Å². The van der Waals surface area contributed by atoms with Crippen LogP contribution in [0.4, 0.5) is 0 Å². The molecule has 3 heteroatoms. The minimum absolute atomic E-state index is 0.00879. The van der Waals surface area contributed by atoms with Gasteiger partial charge in [0.25, 0.3) is 0 Å². The van der Waals surface area contributed by atoms with E-state index in [-0.39, 0.29) is 12.2 Å². The molecule has 2 aliphatic rings. The average Bonchev–Trinajstić information content (AvgIpc) is 2.73. The van der Waals surface area contributed by atoms with Gasteiger partial charge in [0.05, 0.1) is 12.7 Å². The van der Waals surface area contributed by atoms with Crippen molar-refractivity contribution in [1.29, 1.82) is 0 Å². The molecule has 2 heterocycles. The van der Waals surface area contributed by atoms with Crippen molar-refractivity contribution in [3.8, 4) is 0 Å². The summed E-state index contributed by atoms with van der Waals surface area (Å²) in [5.41, 5.74) is 1.18. The molecular formula is C15H21NO2. The number of nitrogens with zero attached hydrogens (tertiary/aromatic N) is 1. The van der Waals surface area contributed by atoms with E-state index in [2.05, 4.69) is 17.0 Å². The Kier molecular flexibility index (Phi) is 3.64. The molecule has 0 amide bonds. The number of hydrogen-bond acceptors (Lipinski definition) is 3. The van der Waals surface area contributed by atoms with E-state index in [9.17, 15) is 5.11 Å². The third kappa shape index (κ3) is 2.44. The summed E-state index contributed by atoms with van der Waals surface area (Å²) in [5.74, 6) is 0. The fraction of sp³-hybridized carbons (Fsp3) is 0.600. The van der Waals surface area contributed by atoms with Crippen molar-refractivity contribution in [2.75, 3.05) is 13.1 Å². The summed E-state index contributed by atoms with van der Waals surface area (Å²) >= 11 is 0. The third-order valence-corrected chi connectivity index (χ3v) is 4.13. The average molecular weight is 247 g/mol. The second kappa shape index (κ2) is 5.39. The van der Waals surface area contributed by atoms with Crippen LogP contribution >= 0.6 is 0 Å². The molecule has 0 aromatic heterocycles. The molecule has 2 saturated heterocycles. The van der Waals surface area contributed by atoms with E-state index in [1.54, 1.807) is 0 Å². The van der Waals surface area contributed by atoms with Crippen LogP contribution < -0.4 is 0 Å². The number of aliphatic hydroxyl groups excluding tert-OH is 1. The monoisotopic (exact) mass is 247 g/mol. The van der Waals surface area contributed by atoms with Crippen LogP contribution in [0.15, 0.2) is 30.3 Å². The van der Waals surface area contributed by atoms with E-state index in [0.29, 0.717) is 12.6 Å². The summed E-state index contributed by atoms with van der Waals surface area (Å²) in [5, 5.41) is 10.1. The van der Waals surface area contributed by atoms with E-state index in [1.165, 1.54) is 18.4 Å². The first-order chi connectivity index (χ1) is 8.84. The lowest BCUT2D eigenvalue weighted by Gasteiger charge is -2.31. The lowest BCUT2D eigenvalue weighted by Crippen LogP contribution is -2.40. The van der Waals surface area contributed by atoms with Crippen LogP contribution in [-0.4, -0.2) is 41.3 Å². The Bertz CT molecular complexity index is 381. The third-order valence-electron chi connectivity index (χ3n) is 4.13. The fourth-order valence-electron chi connectivity index (χ4n) is 3.20. The topological polar surface area (TPSA) is 32.7 Å². The zero-order valence-electron chi connectivity index (χ0n) is 10.7. The van der Waals surface area contributed by atoms with Gasteiger partial charge in [-0.3, -0.25) is 4.90 Å². The van der Waals surface area contributed by atoms with Crippen molar-refractivity contribution in [3.05, 3.63) is 35.9 Å². The summed E-state index contributed by atoms with van der Waals surface area (Å²) in [4.78, 5) is 2.39. The minimum atomic E-state index is -0.322. The number of rotatable bonds is 3. The predicted molar refractivity (Wildman–Crippen MR) is 70.2 cm³/mol. The van der Waals surface area contributed by atoms with Crippen molar-refractivity contribution in [1.82, 2.24) is 4.90 Å². The Morgan fingerprint density at radius 3 is 2.89 bits per heavy atom. The van der Waals surface area contributed by atoms with E-state index in [0.717, 1.165) is 19.5 Å². The fourth-order valence-corrected chi connectivity index (χ4v) is 3.20. The number of hydrogen-bond donors (Lipinski definition) is 1. The van der Waals surface area contributed by atoms with Crippen molar-refractivity contribution in [3.63, 3.8) is 0 Å². The Morgan fingerprint density at radius 2 is 2.06 bits per heavy atom. The second-order valence-corrected chi connectivity index (χ2v) is 5.39. The van der Waals surface area contributed by atoms with Gasteiger partial charge in [-0.15, -0.1) is 0 Å². The zero-order chi connectivity index (χ0) is 12.4. The van der Waals surface area contributed by atoms with Crippen LogP contribution in [0.5, 0.6) is 0 Å². The van der Waals surface area contributed by atoms with Gasteiger partial charge in [-0.1, -0.05) is 36.8 Å². The Hall–Kier alpha value is -0.900. The van der Waals surface area contributed by atoms with E-state index in [4.69, 9.17) is 4.74 Å². The Labute approximate surface area is 108 Å². The number of fused-ring (bicyclic) bond motifs is 1. The number of ether oxygens (including phenoxy) is 1. The number of piperidine rings is 1. The minimum Gasteiger partial charge on any atom is -0.389 e. The van der Waals surface area contributed by atoms with Crippen molar-refractivity contribution >= 4 is 0 Å². The predicted octanol–water partition coefficient (Wildman–Crippen LogP) is 1.80. The molecule has 18 heavy (non-hydrogen) atoms. The SMILES string of the molecule is O[C@H]1CN2CCCC[C@H]2[C@@H]1OCc1ccccc1. The maximum atomic E-state index is 10.1. The van der Waals surface area contributed by atoms with Crippen LogP contribution in [0.3, 0.4) is 0 Å². The second-order valence-electron chi connectivity index (χ2n) is 5.39. The van der Waals surface area contributed by atoms with Gasteiger partial charge in [0.2, 0.25) is 0 Å². The normalized spacial score (nSPS) is 32.4. The number of aliphatic hydroxyl groups is 1. The quantitative estimate of drug-likeness (QED) is 0.884. The molecule has 0 spiro atoms. The zero-order valence-corrected chi connectivity index (χ0v) is 10.7.